The second kappa shape index (κ2) is 7.35. The SMILES string of the molecule is CCC(=O)OCC1=C(C(=O)O)N2C(=O)C(NC(=O)CC#N)[C@H]2SC1. The number of β-lactam (4-membered cyclic amide) rings is 1. The largest absolute Gasteiger partial charge is 0.477 e. The number of hydrogen-bond acceptors (Lipinski definition) is 7. The lowest BCUT2D eigenvalue weighted by atomic mass is 10.0. The van der Waals surface area contributed by atoms with E-state index in [-0.39, 0.29) is 30.9 Å². The number of hydrogen-bond donors (Lipinski definition) is 2. The van der Waals surface area contributed by atoms with E-state index in [9.17, 15) is 24.3 Å². The Balaban J connectivity index is 2.14. The molecule has 2 atom stereocenters. The summed E-state index contributed by atoms with van der Waals surface area (Å²) in [4.78, 5) is 47.5. The number of nitrogens with zero attached hydrogens (tertiary/aromatic N) is 2. The van der Waals surface area contributed by atoms with E-state index < -0.39 is 35.2 Å². The van der Waals surface area contributed by atoms with Gasteiger partial charge >= 0.3 is 11.9 Å². The van der Waals surface area contributed by atoms with Crippen LogP contribution < -0.4 is 5.32 Å². The Hall–Kier alpha value is -2.54. The highest BCUT2D eigenvalue weighted by Crippen LogP contribution is 2.40. The molecule has 0 spiro atoms. The number of nitrogens with one attached hydrogen (secondary N) is 1. The molecule has 0 aliphatic carbocycles. The summed E-state index contributed by atoms with van der Waals surface area (Å²) < 4.78 is 4.96. The molecule has 2 aliphatic heterocycles. The van der Waals surface area contributed by atoms with Crippen LogP contribution in [0.4, 0.5) is 0 Å². The van der Waals surface area contributed by atoms with Crippen LogP contribution in [-0.4, -0.2) is 57.5 Å². The van der Waals surface area contributed by atoms with Gasteiger partial charge in [-0.3, -0.25) is 19.3 Å². The van der Waals surface area contributed by atoms with Gasteiger partial charge in [-0.2, -0.15) is 5.26 Å². The van der Waals surface area contributed by atoms with E-state index in [1.807, 2.05) is 0 Å². The van der Waals surface area contributed by atoms with Gasteiger partial charge in [0, 0.05) is 17.7 Å². The van der Waals surface area contributed by atoms with Crippen LogP contribution in [0.1, 0.15) is 19.8 Å². The maximum Gasteiger partial charge on any atom is 0.352 e. The fraction of sp³-hybridized carbons (Fsp3) is 0.500. The Labute approximate surface area is 141 Å². The average Bonchev–Trinajstić information content (AvgIpc) is 2.56. The third kappa shape index (κ3) is 3.35. The number of nitriles is 1. The molecule has 24 heavy (non-hydrogen) atoms. The fourth-order valence-electron chi connectivity index (χ4n) is 2.36. The van der Waals surface area contributed by atoms with E-state index in [1.165, 1.54) is 11.8 Å². The molecule has 2 aliphatic rings. The molecule has 0 aromatic rings. The predicted molar refractivity (Wildman–Crippen MR) is 81.2 cm³/mol. The van der Waals surface area contributed by atoms with Crippen molar-refractivity contribution in [2.45, 2.75) is 31.2 Å². The van der Waals surface area contributed by atoms with Crippen molar-refractivity contribution in [3.63, 3.8) is 0 Å². The molecule has 2 N–H and O–H groups in total. The smallest absolute Gasteiger partial charge is 0.352 e. The Kier molecular flexibility index (Phi) is 5.46. The molecule has 2 heterocycles. The van der Waals surface area contributed by atoms with Crippen LogP contribution in [0.2, 0.25) is 0 Å². The number of rotatable bonds is 6. The van der Waals surface area contributed by atoms with Crippen molar-refractivity contribution in [2.24, 2.45) is 0 Å². The van der Waals surface area contributed by atoms with Gasteiger partial charge in [0.15, 0.2) is 0 Å². The van der Waals surface area contributed by atoms with Gasteiger partial charge in [0.2, 0.25) is 5.91 Å². The van der Waals surface area contributed by atoms with Gasteiger partial charge in [0.25, 0.3) is 5.91 Å². The van der Waals surface area contributed by atoms with Crippen molar-refractivity contribution >= 4 is 35.5 Å². The number of carboxylic acid groups (broad SMARTS) is 1. The molecule has 1 fully saturated rings. The lowest BCUT2D eigenvalue weighted by molar-refractivity contribution is -0.151. The zero-order chi connectivity index (χ0) is 17.9. The van der Waals surface area contributed by atoms with E-state index in [4.69, 9.17) is 10.00 Å². The summed E-state index contributed by atoms with van der Waals surface area (Å²) in [5.74, 6) is -2.64. The van der Waals surface area contributed by atoms with Crippen LogP contribution in [-0.2, 0) is 23.9 Å². The third-order valence-electron chi connectivity index (χ3n) is 3.50. The lowest BCUT2D eigenvalue weighted by Crippen LogP contribution is -2.70. The molecule has 1 saturated heterocycles. The maximum atomic E-state index is 12.2. The van der Waals surface area contributed by atoms with Crippen LogP contribution in [0.15, 0.2) is 11.3 Å². The van der Waals surface area contributed by atoms with Crippen molar-refractivity contribution in [2.75, 3.05) is 12.4 Å². The van der Waals surface area contributed by atoms with Crippen molar-refractivity contribution < 1.29 is 29.0 Å². The Bertz CT molecular complexity index is 668. The molecule has 2 amide bonds. The zero-order valence-electron chi connectivity index (χ0n) is 12.8. The fourth-order valence-corrected chi connectivity index (χ4v) is 3.69. The van der Waals surface area contributed by atoms with E-state index >= 15 is 0 Å². The van der Waals surface area contributed by atoms with Crippen molar-refractivity contribution in [1.82, 2.24) is 10.2 Å². The highest BCUT2D eigenvalue weighted by atomic mass is 32.2. The molecule has 128 valence electrons. The maximum absolute atomic E-state index is 12.2. The van der Waals surface area contributed by atoms with Crippen molar-refractivity contribution in [1.29, 1.82) is 5.26 Å². The molecule has 10 heteroatoms. The number of amides is 2. The molecular weight excluding hydrogens is 338 g/mol. The second-order valence-corrected chi connectivity index (χ2v) is 6.17. The molecule has 0 saturated carbocycles. The number of thioether (sulfide) groups is 1. The van der Waals surface area contributed by atoms with Crippen LogP contribution >= 0.6 is 11.8 Å². The van der Waals surface area contributed by atoms with Gasteiger partial charge in [-0.15, -0.1) is 11.8 Å². The van der Waals surface area contributed by atoms with Gasteiger partial charge in [-0.25, -0.2) is 4.79 Å². The normalized spacial score (nSPS) is 22.2. The number of carboxylic acids is 1. The molecular formula is C14H15N3O6S. The molecule has 0 aromatic carbocycles. The summed E-state index contributed by atoms with van der Waals surface area (Å²) >= 11 is 1.27. The van der Waals surface area contributed by atoms with Crippen LogP contribution in [0.25, 0.3) is 0 Å². The average molecular weight is 353 g/mol. The first-order chi connectivity index (χ1) is 11.4. The molecule has 0 radical (unpaired) electrons. The third-order valence-corrected chi connectivity index (χ3v) is 4.84. The highest BCUT2D eigenvalue weighted by Gasteiger charge is 2.54. The van der Waals surface area contributed by atoms with Gasteiger partial charge in [-0.05, 0) is 0 Å². The minimum atomic E-state index is -1.29. The van der Waals surface area contributed by atoms with Crippen molar-refractivity contribution in [3.8, 4) is 6.07 Å². The number of carbonyl (C=O) groups excluding carboxylic acids is 3. The lowest BCUT2D eigenvalue weighted by Gasteiger charge is -2.49. The van der Waals surface area contributed by atoms with Gasteiger partial charge in [-0.1, -0.05) is 6.92 Å². The molecule has 0 bridgehead atoms. The minimum absolute atomic E-state index is 0.168. The van der Waals surface area contributed by atoms with Crippen LogP contribution in [0.5, 0.6) is 0 Å². The monoisotopic (exact) mass is 353 g/mol. The summed E-state index contributed by atoms with van der Waals surface area (Å²) in [7, 11) is 0. The van der Waals surface area contributed by atoms with Gasteiger partial charge in [0.05, 0.1) is 6.07 Å². The molecule has 0 aromatic heterocycles. The summed E-state index contributed by atoms with van der Waals surface area (Å²) in [6, 6.07) is 0.823. The first kappa shape index (κ1) is 17.8. The van der Waals surface area contributed by atoms with E-state index in [2.05, 4.69) is 5.32 Å². The topological polar surface area (TPSA) is 137 Å². The molecule has 1 unspecified atom stereocenters. The standard InChI is InChI=1S/C14H15N3O6S/c1-2-9(19)23-5-7-6-24-13-10(16-8(18)3-4-15)12(20)17(13)11(7)14(21)22/h10,13H,2-3,5-6H2,1H3,(H,16,18)(H,21,22)/t10?,13-/m1/s1. The first-order valence-electron chi connectivity index (χ1n) is 7.12. The summed E-state index contributed by atoms with van der Waals surface area (Å²) in [6.45, 7) is 1.43. The molecule has 9 nitrogen and oxygen atoms in total. The molecule has 2 rings (SSSR count). The predicted octanol–water partition coefficient (Wildman–Crippen LogP) is -0.408. The van der Waals surface area contributed by atoms with E-state index in [0.717, 1.165) is 4.90 Å². The Morgan fingerprint density at radius 2 is 2.21 bits per heavy atom. The van der Waals surface area contributed by atoms with Gasteiger partial charge < -0.3 is 15.2 Å². The number of ether oxygens (including phenoxy) is 1. The second-order valence-electron chi connectivity index (χ2n) is 5.06. The Morgan fingerprint density at radius 3 is 2.79 bits per heavy atom. The number of carbonyl (C=O) groups is 4. The van der Waals surface area contributed by atoms with Crippen molar-refractivity contribution in [3.05, 3.63) is 11.3 Å². The van der Waals surface area contributed by atoms with E-state index in [0.29, 0.717) is 5.57 Å². The Morgan fingerprint density at radius 1 is 1.50 bits per heavy atom. The van der Waals surface area contributed by atoms with Crippen LogP contribution in [0, 0.1) is 11.3 Å². The zero-order valence-corrected chi connectivity index (χ0v) is 13.6. The number of fused-ring (bicyclic) bond motifs is 1. The first-order valence-corrected chi connectivity index (χ1v) is 8.17. The number of aliphatic carboxylic acids is 1. The number of esters is 1. The quantitative estimate of drug-likeness (QED) is 0.486. The summed E-state index contributed by atoms with van der Waals surface area (Å²) in [6.07, 6.45) is -0.206. The minimum Gasteiger partial charge on any atom is -0.477 e. The van der Waals surface area contributed by atoms with Gasteiger partial charge in [0.1, 0.15) is 30.1 Å². The van der Waals surface area contributed by atoms with Crippen LogP contribution in [0.3, 0.4) is 0 Å². The summed E-state index contributed by atoms with van der Waals surface area (Å²) in [5, 5.41) is 19.7. The highest BCUT2D eigenvalue weighted by molar-refractivity contribution is 8.00. The van der Waals surface area contributed by atoms with E-state index in [1.54, 1.807) is 13.0 Å². The summed E-state index contributed by atoms with van der Waals surface area (Å²) in [5.41, 5.74) is 0.124.